The van der Waals surface area contributed by atoms with Crippen molar-refractivity contribution in [3.63, 3.8) is 0 Å². The number of sulfone groups is 1. The highest BCUT2D eigenvalue weighted by molar-refractivity contribution is 7.91. The second-order valence-corrected chi connectivity index (χ2v) is 9.85. The highest BCUT2D eigenvalue weighted by Crippen LogP contribution is 2.24. The molecule has 0 bridgehead atoms. The second kappa shape index (κ2) is 6.12. The Labute approximate surface area is 135 Å². The summed E-state index contributed by atoms with van der Waals surface area (Å²) < 4.78 is 23.0. The van der Waals surface area contributed by atoms with E-state index in [4.69, 9.17) is 0 Å². The summed E-state index contributed by atoms with van der Waals surface area (Å²) in [6.07, 6.45) is 0.659. The van der Waals surface area contributed by atoms with Gasteiger partial charge in [0.25, 0.3) is 0 Å². The molecule has 0 unspecified atom stereocenters. The normalized spacial score (nSPS) is 23.4. The molecule has 0 spiro atoms. The molecule has 122 valence electrons. The molecule has 1 atom stereocenters. The van der Waals surface area contributed by atoms with E-state index in [1.165, 1.54) is 0 Å². The first-order valence-electron chi connectivity index (χ1n) is 7.22. The van der Waals surface area contributed by atoms with Crippen molar-refractivity contribution in [1.82, 2.24) is 5.32 Å². The first-order valence-corrected chi connectivity index (χ1v) is 9.86. The minimum absolute atomic E-state index is 0.0253. The smallest absolute Gasteiger partial charge is 0.220 e. The monoisotopic (exact) mass is 343 g/mol. The molecular formula is C15H21NO4S2. The molecule has 1 aromatic rings. The molecule has 2 heterocycles. The van der Waals surface area contributed by atoms with Crippen molar-refractivity contribution in [2.24, 2.45) is 0 Å². The Morgan fingerprint density at radius 2 is 2.00 bits per heavy atom. The number of Topliss-reactive ketones (excluding diaryl/α,β-unsaturated/α-hetero) is 1. The molecule has 0 saturated carbocycles. The van der Waals surface area contributed by atoms with E-state index >= 15 is 0 Å². The summed E-state index contributed by atoms with van der Waals surface area (Å²) >= 11 is 1.57. The number of ketones is 1. The van der Waals surface area contributed by atoms with E-state index < -0.39 is 15.4 Å². The van der Waals surface area contributed by atoms with E-state index in [1.807, 2.05) is 19.9 Å². The van der Waals surface area contributed by atoms with Gasteiger partial charge < -0.3 is 5.32 Å². The van der Waals surface area contributed by atoms with Gasteiger partial charge in [-0.25, -0.2) is 8.42 Å². The molecule has 0 aliphatic carbocycles. The Bertz CT molecular complexity index is 705. The highest BCUT2D eigenvalue weighted by Gasteiger charge is 2.39. The molecule has 0 radical (unpaired) electrons. The zero-order valence-electron chi connectivity index (χ0n) is 13.1. The number of hydrogen-bond donors (Lipinski definition) is 1. The molecule has 7 heteroatoms. The number of hydrogen-bond acceptors (Lipinski definition) is 5. The van der Waals surface area contributed by atoms with Gasteiger partial charge in [0.2, 0.25) is 5.91 Å². The van der Waals surface area contributed by atoms with Crippen LogP contribution in [0.25, 0.3) is 0 Å². The number of nitrogens with one attached hydrogen (secondary N) is 1. The Morgan fingerprint density at radius 3 is 2.50 bits per heavy atom. The van der Waals surface area contributed by atoms with Crippen molar-refractivity contribution in [3.8, 4) is 0 Å². The van der Waals surface area contributed by atoms with E-state index in [1.54, 1.807) is 18.3 Å². The Hall–Kier alpha value is -1.21. The Kier molecular flexibility index (Phi) is 4.77. The van der Waals surface area contributed by atoms with Crippen LogP contribution in [-0.2, 0) is 14.6 Å². The summed E-state index contributed by atoms with van der Waals surface area (Å²) in [6, 6.07) is 1.85. The third-order valence-corrected chi connectivity index (χ3v) is 6.73. The summed E-state index contributed by atoms with van der Waals surface area (Å²) in [5.74, 6) is -0.225. The lowest BCUT2D eigenvalue weighted by Gasteiger charge is -2.23. The predicted octanol–water partition coefficient (Wildman–Crippen LogP) is 2.02. The van der Waals surface area contributed by atoms with Gasteiger partial charge in [-0.2, -0.15) is 0 Å². The number of carbonyl (C=O) groups is 2. The molecule has 1 amide bonds. The van der Waals surface area contributed by atoms with Gasteiger partial charge in [0.05, 0.1) is 17.0 Å². The van der Waals surface area contributed by atoms with Crippen LogP contribution in [-0.4, -0.2) is 37.2 Å². The van der Waals surface area contributed by atoms with Gasteiger partial charge in [0.15, 0.2) is 15.6 Å². The van der Waals surface area contributed by atoms with Gasteiger partial charge in [0, 0.05) is 28.2 Å². The van der Waals surface area contributed by atoms with Crippen molar-refractivity contribution in [3.05, 3.63) is 21.4 Å². The maximum absolute atomic E-state index is 12.1. The lowest BCUT2D eigenvalue weighted by Crippen LogP contribution is -2.46. The first kappa shape index (κ1) is 17.1. The van der Waals surface area contributed by atoms with E-state index in [0.717, 1.165) is 9.75 Å². The molecule has 1 aromatic heterocycles. The van der Waals surface area contributed by atoms with Crippen LogP contribution in [0, 0.1) is 13.8 Å². The molecule has 1 N–H and O–H groups in total. The Balaban J connectivity index is 1.88. The van der Waals surface area contributed by atoms with Crippen molar-refractivity contribution in [1.29, 1.82) is 0 Å². The third kappa shape index (κ3) is 4.16. The van der Waals surface area contributed by atoms with Crippen LogP contribution in [0.3, 0.4) is 0 Å². The van der Waals surface area contributed by atoms with Gasteiger partial charge in [-0.3, -0.25) is 9.59 Å². The van der Waals surface area contributed by atoms with Crippen molar-refractivity contribution < 1.29 is 18.0 Å². The fourth-order valence-electron chi connectivity index (χ4n) is 2.78. The number of aryl methyl sites for hydroxylation is 2. The molecule has 1 saturated heterocycles. The molecule has 1 fully saturated rings. The summed E-state index contributed by atoms with van der Waals surface area (Å²) in [7, 11) is -3.06. The molecule has 1 aliphatic rings. The zero-order chi connectivity index (χ0) is 16.5. The topological polar surface area (TPSA) is 80.3 Å². The summed E-state index contributed by atoms with van der Waals surface area (Å²) in [4.78, 5) is 26.2. The predicted molar refractivity (Wildman–Crippen MR) is 87.2 cm³/mol. The lowest BCUT2D eigenvalue weighted by molar-refractivity contribution is -0.122. The fraction of sp³-hybridized carbons (Fsp3) is 0.600. The molecule has 2 rings (SSSR count). The van der Waals surface area contributed by atoms with Crippen LogP contribution in [0.5, 0.6) is 0 Å². The van der Waals surface area contributed by atoms with Crippen LogP contribution in [0.2, 0.25) is 0 Å². The van der Waals surface area contributed by atoms with Gasteiger partial charge in [-0.1, -0.05) is 0 Å². The average Bonchev–Trinajstić information content (AvgIpc) is 2.85. The number of carbonyl (C=O) groups excluding carboxylic acids is 2. The summed E-state index contributed by atoms with van der Waals surface area (Å²) in [5.41, 5.74) is -0.0154. The summed E-state index contributed by atoms with van der Waals surface area (Å²) in [5, 5.41) is 2.77. The van der Waals surface area contributed by atoms with E-state index in [0.29, 0.717) is 12.0 Å². The Morgan fingerprint density at radius 1 is 1.32 bits per heavy atom. The molecule has 1 aliphatic heterocycles. The quantitative estimate of drug-likeness (QED) is 0.830. The minimum Gasteiger partial charge on any atom is -0.350 e. The van der Waals surface area contributed by atoms with Crippen LogP contribution in [0.1, 0.15) is 46.3 Å². The molecule has 5 nitrogen and oxygen atoms in total. The average molecular weight is 343 g/mol. The molecule has 22 heavy (non-hydrogen) atoms. The van der Waals surface area contributed by atoms with Crippen molar-refractivity contribution in [2.45, 2.75) is 45.6 Å². The van der Waals surface area contributed by atoms with Gasteiger partial charge >= 0.3 is 0 Å². The molecule has 0 aromatic carbocycles. The van der Waals surface area contributed by atoms with Crippen LogP contribution >= 0.6 is 11.3 Å². The standard InChI is InChI=1S/C15H21NO4S2/c1-10-8-12(11(2)21-10)13(17)4-5-14(18)16-15(3)6-7-22(19,20)9-15/h8H,4-7,9H2,1-3H3,(H,16,18)/t15-/m0/s1. The largest absolute Gasteiger partial charge is 0.350 e. The van der Waals surface area contributed by atoms with E-state index in [9.17, 15) is 18.0 Å². The van der Waals surface area contributed by atoms with Crippen LogP contribution in [0.4, 0.5) is 0 Å². The number of rotatable bonds is 5. The fourth-order valence-corrected chi connectivity index (χ4v) is 5.81. The highest BCUT2D eigenvalue weighted by atomic mass is 32.2. The van der Waals surface area contributed by atoms with E-state index in [-0.39, 0.29) is 36.0 Å². The lowest BCUT2D eigenvalue weighted by atomic mass is 10.0. The van der Waals surface area contributed by atoms with Crippen LogP contribution < -0.4 is 5.32 Å². The number of amides is 1. The van der Waals surface area contributed by atoms with Crippen molar-refractivity contribution >= 4 is 32.9 Å². The third-order valence-electron chi connectivity index (χ3n) is 3.87. The van der Waals surface area contributed by atoms with Crippen molar-refractivity contribution in [2.75, 3.05) is 11.5 Å². The number of thiophene rings is 1. The summed E-state index contributed by atoms with van der Waals surface area (Å²) in [6.45, 7) is 5.58. The second-order valence-electron chi connectivity index (χ2n) is 6.20. The van der Waals surface area contributed by atoms with Gasteiger partial charge in [-0.05, 0) is 33.3 Å². The maximum Gasteiger partial charge on any atom is 0.220 e. The van der Waals surface area contributed by atoms with Gasteiger partial charge in [-0.15, -0.1) is 11.3 Å². The SMILES string of the molecule is Cc1cc(C(=O)CCC(=O)N[C@@]2(C)CCS(=O)(=O)C2)c(C)s1. The molecular weight excluding hydrogens is 322 g/mol. The first-order chi connectivity index (χ1) is 10.1. The zero-order valence-corrected chi connectivity index (χ0v) is 14.7. The van der Waals surface area contributed by atoms with E-state index in [2.05, 4.69) is 5.32 Å². The maximum atomic E-state index is 12.1. The minimum atomic E-state index is -3.06. The van der Waals surface area contributed by atoms with Crippen LogP contribution in [0.15, 0.2) is 6.07 Å². The van der Waals surface area contributed by atoms with Gasteiger partial charge in [0.1, 0.15) is 0 Å².